The topological polar surface area (TPSA) is 81.7 Å². The van der Waals surface area contributed by atoms with Crippen LogP contribution in [0, 0.1) is 5.92 Å². The number of carbonyl (C=O) groups is 3. The van der Waals surface area contributed by atoms with Gasteiger partial charge in [0.1, 0.15) is 11.6 Å². The zero-order valence-electron chi connectivity index (χ0n) is 14.6. The van der Waals surface area contributed by atoms with Crippen LogP contribution < -0.4 is 5.32 Å². The summed E-state index contributed by atoms with van der Waals surface area (Å²) in [5, 5.41) is 2.73. The van der Waals surface area contributed by atoms with Gasteiger partial charge >= 0.3 is 11.9 Å². The first-order chi connectivity index (χ1) is 10.7. The Morgan fingerprint density at radius 2 is 1.74 bits per heavy atom. The van der Waals surface area contributed by atoms with Crippen LogP contribution in [0.2, 0.25) is 0 Å². The van der Waals surface area contributed by atoms with Gasteiger partial charge in [-0.15, -0.1) is 0 Å². The molecule has 1 saturated carbocycles. The van der Waals surface area contributed by atoms with Crippen LogP contribution in [0.3, 0.4) is 0 Å². The van der Waals surface area contributed by atoms with Crippen molar-refractivity contribution in [2.24, 2.45) is 5.92 Å². The highest BCUT2D eigenvalue weighted by molar-refractivity contribution is 5.86. The van der Waals surface area contributed by atoms with E-state index in [-0.39, 0.29) is 24.7 Å². The summed E-state index contributed by atoms with van der Waals surface area (Å²) < 4.78 is 9.95. The second-order valence-electron chi connectivity index (χ2n) is 7.04. The molecule has 0 aromatic heterocycles. The van der Waals surface area contributed by atoms with Gasteiger partial charge in [0.25, 0.3) is 0 Å². The standard InChI is InChI=1S/C17H29NO5/c1-17(2,3)23-14(19)11-10-13(16(21)22-4)18-15(20)12-8-6-5-7-9-12/h12-13H,5-11H2,1-4H3,(H,18,20)/t13-/m1/s1. The Balaban J connectivity index is 2.53. The molecule has 1 atom stereocenters. The fourth-order valence-electron chi connectivity index (χ4n) is 2.70. The smallest absolute Gasteiger partial charge is 0.328 e. The third-order valence-corrected chi connectivity index (χ3v) is 3.84. The predicted octanol–water partition coefficient (Wildman–Crippen LogP) is 2.35. The van der Waals surface area contributed by atoms with Crippen LogP contribution in [0.4, 0.5) is 0 Å². The molecule has 1 aliphatic rings. The van der Waals surface area contributed by atoms with Gasteiger partial charge in [-0.2, -0.15) is 0 Å². The number of hydrogen-bond donors (Lipinski definition) is 1. The molecule has 0 aromatic rings. The van der Waals surface area contributed by atoms with Crippen LogP contribution in [0.15, 0.2) is 0 Å². The van der Waals surface area contributed by atoms with Crippen molar-refractivity contribution in [1.82, 2.24) is 5.32 Å². The van der Waals surface area contributed by atoms with Crippen molar-refractivity contribution in [3.05, 3.63) is 0 Å². The zero-order valence-corrected chi connectivity index (χ0v) is 14.6. The van der Waals surface area contributed by atoms with Crippen LogP contribution >= 0.6 is 0 Å². The summed E-state index contributed by atoms with van der Waals surface area (Å²) in [5.74, 6) is -1.09. The van der Waals surface area contributed by atoms with E-state index in [1.165, 1.54) is 7.11 Å². The molecule has 0 saturated heterocycles. The number of methoxy groups -OCH3 is 1. The minimum absolute atomic E-state index is 0.0440. The van der Waals surface area contributed by atoms with Gasteiger partial charge in [-0.25, -0.2) is 4.79 Å². The summed E-state index contributed by atoms with van der Waals surface area (Å²) in [6.07, 6.45) is 5.18. The number of amides is 1. The lowest BCUT2D eigenvalue weighted by molar-refractivity contribution is -0.155. The van der Waals surface area contributed by atoms with Crippen molar-refractivity contribution in [3.8, 4) is 0 Å². The Morgan fingerprint density at radius 3 is 2.26 bits per heavy atom. The van der Waals surface area contributed by atoms with Crippen LogP contribution in [0.1, 0.15) is 65.7 Å². The predicted molar refractivity (Wildman–Crippen MR) is 85.6 cm³/mol. The molecule has 0 radical (unpaired) electrons. The zero-order chi connectivity index (χ0) is 17.5. The Morgan fingerprint density at radius 1 is 1.13 bits per heavy atom. The molecule has 1 rings (SSSR count). The maximum absolute atomic E-state index is 12.3. The van der Waals surface area contributed by atoms with E-state index in [9.17, 15) is 14.4 Å². The first kappa shape index (κ1) is 19.5. The molecule has 0 unspecified atom stereocenters. The lowest BCUT2D eigenvalue weighted by Gasteiger charge is -2.24. The van der Waals surface area contributed by atoms with Crippen molar-refractivity contribution in [2.75, 3.05) is 7.11 Å². The average molecular weight is 327 g/mol. The highest BCUT2D eigenvalue weighted by atomic mass is 16.6. The summed E-state index contributed by atoms with van der Waals surface area (Å²) >= 11 is 0. The van der Waals surface area contributed by atoms with Crippen molar-refractivity contribution in [3.63, 3.8) is 0 Å². The highest BCUT2D eigenvalue weighted by Gasteiger charge is 2.28. The Hall–Kier alpha value is -1.59. The molecular weight excluding hydrogens is 298 g/mol. The second kappa shape index (κ2) is 8.89. The van der Waals surface area contributed by atoms with Crippen molar-refractivity contribution in [1.29, 1.82) is 0 Å². The van der Waals surface area contributed by atoms with E-state index < -0.39 is 23.6 Å². The quantitative estimate of drug-likeness (QED) is 0.757. The number of esters is 2. The molecule has 1 aliphatic carbocycles. The SMILES string of the molecule is COC(=O)[C@@H](CCC(=O)OC(C)(C)C)NC(=O)C1CCCCC1. The molecule has 132 valence electrons. The second-order valence-corrected chi connectivity index (χ2v) is 7.04. The number of carbonyl (C=O) groups excluding carboxylic acids is 3. The normalized spacial score (nSPS) is 17.2. The Kier molecular flexibility index (Phi) is 7.52. The van der Waals surface area contributed by atoms with Crippen molar-refractivity contribution >= 4 is 17.8 Å². The largest absolute Gasteiger partial charge is 0.467 e. The van der Waals surface area contributed by atoms with Crippen molar-refractivity contribution in [2.45, 2.75) is 77.4 Å². The maximum atomic E-state index is 12.3. The molecule has 23 heavy (non-hydrogen) atoms. The molecule has 6 nitrogen and oxygen atoms in total. The maximum Gasteiger partial charge on any atom is 0.328 e. The Bertz CT molecular complexity index is 421. The lowest BCUT2D eigenvalue weighted by Crippen LogP contribution is -2.45. The first-order valence-electron chi connectivity index (χ1n) is 8.33. The third kappa shape index (κ3) is 7.48. The highest BCUT2D eigenvalue weighted by Crippen LogP contribution is 2.24. The van der Waals surface area contributed by atoms with E-state index in [4.69, 9.17) is 9.47 Å². The van der Waals surface area contributed by atoms with E-state index >= 15 is 0 Å². The summed E-state index contributed by atoms with van der Waals surface area (Å²) in [6.45, 7) is 5.36. The van der Waals surface area contributed by atoms with Crippen LogP contribution in [0.5, 0.6) is 0 Å². The summed E-state index contributed by atoms with van der Waals surface area (Å²) in [5.41, 5.74) is -0.566. The molecule has 0 bridgehead atoms. The van der Waals surface area contributed by atoms with Gasteiger partial charge in [0.15, 0.2) is 0 Å². The van der Waals surface area contributed by atoms with Crippen LogP contribution in [0.25, 0.3) is 0 Å². The van der Waals surface area contributed by atoms with Gasteiger partial charge in [-0.05, 0) is 40.0 Å². The molecule has 6 heteroatoms. The fraction of sp³-hybridized carbons (Fsp3) is 0.824. The number of ether oxygens (including phenoxy) is 2. The van der Waals surface area contributed by atoms with Gasteiger partial charge in [0.05, 0.1) is 7.11 Å². The number of nitrogens with one attached hydrogen (secondary N) is 1. The molecule has 1 fully saturated rings. The third-order valence-electron chi connectivity index (χ3n) is 3.84. The van der Waals surface area contributed by atoms with Gasteiger partial charge in [0, 0.05) is 12.3 Å². The molecule has 0 spiro atoms. The molecule has 0 heterocycles. The monoisotopic (exact) mass is 327 g/mol. The van der Waals surface area contributed by atoms with Crippen LogP contribution in [-0.2, 0) is 23.9 Å². The molecule has 1 amide bonds. The van der Waals surface area contributed by atoms with Gasteiger partial charge in [-0.3, -0.25) is 9.59 Å². The molecule has 1 N–H and O–H groups in total. The van der Waals surface area contributed by atoms with Gasteiger partial charge in [0.2, 0.25) is 5.91 Å². The van der Waals surface area contributed by atoms with E-state index in [0.29, 0.717) is 0 Å². The van der Waals surface area contributed by atoms with E-state index in [1.54, 1.807) is 20.8 Å². The summed E-state index contributed by atoms with van der Waals surface area (Å²) in [4.78, 5) is 35.9. The van der Waals surface area contributed by atoms with E-state index in [2.05, 4.69) is 5.32 Å². The number of rotatable bonds is 6. The molecular formula is C17H29NO5. The molecule has 0 aromatic carbocycles. The van der Waals surface area contributed by atoms with Crippen LogP contribution in [-0.4, -0.2) is 36.6 Å². The fourth-order valence-corrected chi connectivity index (χ4v) is 2.70. The summed E-state index contributed by atoms with van der Waals surface area (Å²) in [7, 11) is 1.27. The Labute approximate surface area is 138 Å². The van der Waals surface area contributed by atoms with Gasteiger partial charge in [-0.1, -0.05) is 19.3 Å². The van der Waals surface area contributed by atoms with E-state index in [1.807, 2.05) is 0 Å². The average Bonchev–Trinajstić information content (AvgIpc) is 2.49. The summed E-state index contributed by atoms with van der Waals surface area (Å²) in [6, 6.07) is -0.804. The lowest BCUT2D eigenvalue weighted by atomic mass is 9.88. The minimum atomic E-state index is -0.804. The van der Waals surface area contributed by atoms with E-state index in [0.717, 1.165) is 32.1 Å². The van der Waals surface area contributed by atoms with Crippen molar-refractivity contribution < 1.29 is 23.9 Å². The van der Waals surface area contributed by atoms with Gasteiger partial charge < -0.3 is 14.8 Å². The first-order valence-corrected chi connectivity index (χ1v) is 8.33. The number of hydrogen-bond acceptors (Lipinski definition) is 5. The molecule has 0 aliphatic heterocycles. The minimum Gasteiger partial charge on any atom is -0.467 e.